The summed E-state index contributed by atoms with van der Waals surface area (Å²) in [5, 5.41) is 21.7. The monoisotopic (exact) mass is 341 g/mol. The number of benzene rings is 1. The minimum atomic E-state index is -0.463. The van der Waals surface area contributed by atoms with Crippen LogP contribution < -0.4 is 10.2 Å². The molecule has 130 valence electrons. The van der Waals surface area contributed by atoms with Crippen molar-refractivity contribution in [2.24, 2.45) is 5.92 Å². The second-order valence-electron chi connectivity index (χ2n) is 6.09. The summed E-state index contributed by atoms with van der Waals surface area (Å²) in [6.45, 7) is 3.39. The number of nitro groups is 1. The summed E-state index contributed by atoms with van der Waals surface area (Å²) >= 11 is 0. The van der Waals surface area contributed by atoms with Gasteiger partial charge in [-0.3, -0.25) is 14.9 Å². The minimum Gasteiger partial charge on any atom is -0.355 e. The number of nitro benzene ring substituents is 1. The van der Waals surface area contributed by atoms with Crippen LogP contribution in [0.4, 0.5) is 17.2 Å². The Morgan fingerprint density at radius 3 is 2.40 bits per heavy atom. The van der Waals surface area contributed by atoms with Crippen molar-refractivity contribution in [1.82, 2.24) is 10.2 Å². The number of hydrogen-bond donors (Lipinski definition) is 1. The molecule has 8 nitrogen and oxygen atoms in total. The Kier molecular flexibility index (Phi) is 4.87. The number of amides is 1. The van der Waals surface area contributed by atoms with Gasteiger partial charge < -0.3 is 10.2 Å². The zero-order chi connectivity index (χ0) is 17.8. The molecule has 1 amide bonds. The van der Waals surface area contributed by atoms with E-state index in [1.807, 2.05) is 19.1 Å². The molecule has 0 spiro atoms. The highest BCUT2D eigenvalue weighted by Crippen LogP contribution is 2.23. The van der Waals surface area contributed by atoms with Crippen LogP contribution in [0.5, 0.6) is 0 Å². The number of anilines is 2. The average Bonchev–Trinajstić information content (AvgIpc) is 2.63. The van der Waals surface area contributed by atoms with Gasteiger partial charge in [-0.05, 0) is 44.0 Å². The van der Waals surface area contributed by atoms with Gasteiger partial charge in [0.2, 0.25) is 5.91 Å². The summed E-state index contributed by atoms with van der Waals surface area (Å²) in [5.74, 6) is 0.702. The van der Waals surface area contributed by atoms with Gasteiger partial charge in [0.1, 0.15) is 0 Å². The molecule has 0 saturated carbocycles. The van der Waals surface area contributed by atoms with E-state index in [4.69, 9.17) is 0 Å². The molecule has 1 fully saturated rings. The fourth-order valence-corrected chi connectivity index (χ4v) is 2.84. The van der Waals surface area contributed by atoms with Gasteiger partial charge in [0.05, 0.1) is 10.6 Å². The van der Waals surface area contributed by atoms with E-state index in [9.17, 15) is 14.9 Å². The molecule has 1 aromatic heterocycles. The molecule has 0 radical (unpaired) electrons. The molecule has 1 aromatic carbocycles. The molecule has 1 aliphatic rings. The van der Waals surface area contributed by atoms with Crippen molar-refractivity contribution in [2.45, 2.75) is 19.8 Å². The number of rotatable bonds is 4. The van der Waals surface area contributed by atoms with Crippen LogP contribution in [0.2, 0.25) is 0 Å². The Balaban J connectivity index is 1.54. The zero-order valence-electron chi connectivity index (χ0n) is 13.9. The highest BCUT2D eigenvalue weighted by atomic mass is 16.6. The third kappa shape index (κ3) is 4.09. The molecule has 0 unspecified atom stereocenters. The van der Waals surface area contributed by atoms with Crippen LogP contribution in [0.15, 0.2) is 36.4 Å². The van der Waals surface area contributed by atoms with Crippen LogP contribution in [0, 0.1) is 23.0 Å². The lowest BCUT2D eigenvalue weighted by Crippen LogP contribution is -2.38. The number of piperidine rings is 1. The summed E-state index contributed by atoms with van der Waals surface area (Å²) in [5.41, 5.74) is 1.45. The summed E-state index contributed by atoms with van der Waals surface area (Å²) in [6.07, 6.45) is 1.46. The number of aromatic nitrogens is 2. The Bertz CT molecular complexity index is 753. The van der Waals surface area contributed by atoms with E-state index >= 15 is 0 Å². The highest BCUT2D eigenvalue weighted by molar-refractivity contribution is 5.92. The normalized spacial score (nSPS) is 15.0. The lowest BCUT2D eigenvalue weighted by molar-refractivity contribution is -0.384. The molecule has 1 aliphatic heterocycles. The molecule has 25 heavy (non-hydrogen) atoms. The third-order valence-corrected chi connectivity index (χ3v) is 4.32. The molecular weight excluding hydrogens is 322 g/mol. The van der Waals surface area contributed by atoms with Crippen LogP contribution in [0.25, 0.3) is 0 Å². The fourth-order valence-electron chi connectivity index (χ4n) is 2.84. The van der Waals surface area contributed by atoms with Gasteiger partial charge in [0.25, 0.3) is 5.69 Å². The fraction of sp³-hybridized carbons (Fsp3) is 0.353. The number of aryl methyl sites for hydroxylation is 1. The van der Waals surface area contributed by atoms with Crippen LogP contribution >= 0.6 is 0 Å². The van der Waals surface area contributed by atoms with Crippen LogP contribution in [-0.4, -0.2) is 34.1 Å². The van der Waals surface area contributed by atoms with Gasteiger partial charge in [-0.2, -0.15) is 5.10 Å². The molecule has 0 bridgehead atoms. The molecule has 2 heterocycles. The maximum Gasteiger partial charge on any atom is 0.269 e. The van der Waals surface area contributed by atoms with Crippen molar-refractivity contribution in [3.05, 3.63) is 52.2 Å². The predicted molar refractivity (Wildman–Crippen MR) is 93.4 cm³/mol. The van der Waals surface area contributed by atoms with E-state index in [-0.39, 0.29) is 17.5 Å². The Morgan fingerprint density at radius 2 is 1.84 bits per heavy atom. The first-order valence-electron chi connectivity index (χ1n) is 8.13. The molecule has 2 aromatic rings. The van der Waals surface area contributed by atoms with Crippen molar-refractivity contribution < 1.29 is 9.72 Å². The zero-order valence-corrected chi connectivity index (χ0v) is 13.9. The lowest BCUT2D eigenvalue weighted by atomic mass is 9.96. The van der Waals surface area contributed by atoms with E-state index in [1.165, 1.54) is 12.1 Å². The van der Waals surface area contributed by atoms with Crippen molar-refractivity contribution in [3.8, 4) is 0 Å². The number of nitrogens with zero attached hydrogens (tertiary/aromatic N) is 4. The molecular formula is C17H19N5O3. The van der Waals surface area contributed by atoms with Crippen molar-refractivity contribution in [1.29, 1.82) is 0 Å². The van der Waals surface area contributed by atoms with Crippen LogP contribution in [0.3, 0.4) is 0 Å². The largest absolute Gasteiger partial charge is 0.355 e. The number of carbonyl (C=O) groups excluding carboxylic acids is 1. The summed E-state index contributed by atoms with van der Waals surface area (Å²) < 4.78 is 0. The minimum absolute atomic E-state index is 0.00511. The van der Waals surface area contributed by atoms with Crippen molar-refractivity contribution >= 4 is 23.1 Å². The lowest BCUT2D eigenvalue weighted by Gasteiger charge is -2.31. The first-order valence-corrected chi connectivity index (χ1v) is 8.13. The number of non-ortho nitro benzene ring substituents is 1. The average molecular weight is 341 g/mol. The summed E-state index contributed by atoms with van der Waals surface area (Å²) in [6, 6.07) is 9.73. The SMILES string of the molecule is Cc1ccc(N2CCC(C(=O)Nc3ccc([N+](=O)[O-])cc3)CC2)nn1. The van der Waals surface area contributed by atoms with Gasteiger partial charge in [0.15, 0.2) is 5.82 Å². The Hall–Kier alpha value is -3.03. The number of hydrogen-bond acceptors (Lipinski definition) is 6. The Labute approximate surface area is 145 Å². The molecule has 1 N–H and O–H groups in total. The maximum atomic E-state index is 12.4. The second kappa shape index (κ2) is 7.25. The Morgan fingerprint density at radius 1 is 1.16 bits per heavy atom. The first kappa shape index (κ1) is 16.8. The summed E-state index contributed by atoms with van der Waals surface area (Å²) in [4.78, 5) is 24.7. The molecule has 3 rings (SSSR count). The highest BCUT2D eigenvalue weighted by Gasteiger charge is 2.25. The van der Waals surface area contributed by atoms with Gasteiger partial charge in [-0.25, -0.2) is 0 Å². The van der Waals surface area contributed by atoms with E-state index < -0.39 is 4.92 Å². The van der Waals surface area contributed by atoms with Gasteiger partial charge >= 0.3 is 0 Å². The van der Waals surface area contributed by atoms with Gasteiger partial charge in [-0.15, -0.1) is 5.10 Å². The van der Waals surface area contributed by atoms with Crippen molar-refractivity contribution in [2.75, 3.05) is 23.3 Å². The van der Waals surface area contributed by atoms with Gasteiger partial charge in [-0.1, -0.05) is 0 Å². The number of nitrogens with one attached hydrogen (secondary N) is 1. The quantitative estimate of drug-likeness (QED) is 0.677. The van der Waals surface area contributed by atoms with Gasteiger partial charge in [0, 0.05) is 36.8 Å². The second-order valence-corrected chi connectivity index (χ2v) is 6.09. The first-order chi connectivity index (χ1) is 12.0. The standard InChI is InChI=1S/C17H19N5O3/c1-12-2-7-16(20-19-12)21-10-8-13(9-11-21)17(23)18-14-3-5-15(6-4-14)22(24)25/h2-7,13H,8-11H2,1H3,(H,18,23). The topological polar surface area (TPSA) is 101 Å². The predicted octanol–water partition coefficient (Wildman–Crippen LogP) is 2.55. The van der Waals surface area contributed by atoms with E-state index in [1.54, 1.807) is 12.1 Å². The smallest absolute Gasteiger partial charge is 0.269 e. The molecule has 0 atom stereocenters. The molecule has 1 saturated heterocycles. The maximum absolute atomic E-state index is 12.4. The van der Waals surface area contributed by atoms with E-state index in [0.29, 0.717) is 5.69 Å². The van der Waals surface area contributed by atoms with E-state index in [2.05, 4.69) is 20.4 Å². The number of carbonyl (C=O) groups is 1. The van der Waals surface area contributed by atoms with Crippen LogP contribution in [0.1, 0.15) is 18.5 Å². The van der Waals surface area contributed by atoms with Crippen LogP contribution in [-0.2, 0) is 4.79 Å². The molecule has 8 heteroatoms. The molecule has 0 aliphatic carbocycles. The van der Waals surface area contributed by atoms with Crippen molar-refractivity contribution in [3.63, 3.8) is 0 Å². The summed E-state index contributed by atoms with van der Waals surface area (Å²) in [7, 11) is 0. The van der Waals surface area contributed by atoms with E-state index in [0.717, 1.165) is 37.4 Å². The third-order valence-electron chi connectivity index (χ3n) is 4.32.